The summed E-state index contributed by atoms with van der Waals surface area (Å²) in [7, 11) is 0. The molecule has 0 amide bonds. The molecule has 0 saturated heterocycles. The molecule has 0 unspecified atom stereocenters. The van der Waals surface area contributed by atoms with Crippen molar-refractivity contribution in [3.05, 3.63) is 50.7 Å². The van der Waals surface area contributed by atoms with E-state index in [1.165, 1.54) is 36.9 Å². The van der Waals surface area contributed by atoms with E-state index in [4.69, 9.17) is 12.2 Å². The summed E-state index contributed by atoms with van der Waals surface area (Å²) in [6.07, 6.45) is 9.46. The van der Waals surface area contributed by atoms with E-state index in [0.717, 1.165) is 16.7 Å². The van der Waals surface area contributed by atoms with E-state index in [1.54, 1.807) is 12.4 Å². The Morgan fingerprint density at radius 1 is 1.25 bits per heavy atom. The summed E-state index contributed by atoms with van der Waals surface area (Å²) in [5.74, 6) is 1.52. The van der Waals surface area contributed by atoms with E-state index in [9.17, 15) is 0 Å². The lowest BCUT2D eigenvalue weighted by atomic mass is 10.0. The first kappa shape index (κ1) is 13.9. The molecule has 0 bridgehead atoms. The maximum absolute atomic E-state index is 5.39. The smallest absolute Gasteiger partial charge is 0.144 e. The molecular formula is C15H16BrN3S. The van der Waals surface area contributed by atoms with Crippen molar-refractivity contribution in [2.24, 2.45) is 0 Å². The minimum absolute atomic E-state index is 0.588. The fraction of sp³-hybridized carbons (Fsp3) is 0.400. The lowest BCUT2D eigenvalue weighted by Gasteiger charge is -2.14. The fourth-order valence-corrected chi connectivity index (χ4v) is 3.53. The Morgan fingerprint density at radius 2 is 1.95 bits per heavy atom. The summed E-state index contributed by atoms with van der Waals surface area (Å²) >= 11 is 8.99. The van der Waals surface area contributed by atoms with Crippen molar-refractivity contribution in [2.45, 2.75) is 38.0 Å². The number of nitrogens with zero attached hydrogens (tertiary/aromatic N) is 2. The Labute approximate surface area is 132 Å². The summed E-state index contributed by atoms with van der Waals surface area (Å²) in [4.78, 5) is 12.0. The highest BCUT2D eigenvalue weighted by Gasteiger charge is 2.21. The average Bonchev–Trinajstić information content (AvgIpc) is 2.98. The van der Waals surface area contributed by atoms with Crippen LogP contribution in [0.1, 0.15) is 48.7 Å². The molecule has 1 fully saturated rings. The molecule has 0 aromatic carbocycles. The average molecular weight is 350 g/mol. The third-order valence-electron chi connectivity index (χ3n) is 3.82. The summed E-state index contributed by atoms with van der Waals surface area (Å²) in [6.45, 7) is 0. The molecule has 0 radical (unpaired) electrons. The van der Waals surface area contributed by atoms with Gasteiger partial charge in [-0.25, -0.2) is 4.98 Å². The zero-order valence-corrected chi connectivity index (χ0v) is 13.5. The van der Waals surface area contributed by atoms with Crippen molar-refractivity contribution in [1.82, 2.24) is 15.0 Å². The number of aromatic nitrogens is 3. The van der Waals surface area contributed by atoms with E-state index in [-0.39, 0.29) is 0 Å². The topological polar surface area (TPSA) is 41.6 Å². The van der Waals surface area contributed by atoms with Gasteiger partial charge < -0.3 is 4.98 Å². The molecule has 3 nitrogen and oxygen atoms in total. The summed E-state index contributed by atoms with van der Waals surface area (Å²) in [6, 6.07) is 4.02. The predicted molar refractivity (Wildman–Crippen MR) is 85.4 cm³/mol. The molecule has 3 rings (SSSR count). The van der Waals surface area contributed by atoms with Crippen LogP contribution >= 0.6 is 28.1 Å². The highest BCUT2D eigenvalue weighted by atomic mass is 79.9. The minimum Gasteiger partial charge on any atom is -0.346 e. The second-order valence-electron chi connectivity index (χ2n) is 5.23. The molecule has 5 heteroatoms. The molecule has 0 spiro atoms. The monoisotopic (exact) mass is 349 g/mol. The number of hydrogen-bond donors (Lipinski definition) is 1. The Morgan fingerprint density at radius 3 is 2.65 bits per heavy atom. The number of hydrogen-bond acceptors (Lipinski definition) is 3. The molecule has 1 aliphatic carbocycles. The van der Waals surface area contributed by atoms with Crippen LogP contribution in [0.25, 0.3) is 0 Å². The van der Waals surface area contributed by atoms with Gasteiger partial charge in [-0.2, -0.15) is 0 Å². The Balaban J connectivity index is 1.94. The van der Waals surface area contributed by atoms with Crippen LogP contribution in [-0.4, -0.2) is 15.0 Å². The maximum Gasteiger partial charge on any atom is 0.144 e. The molecule has 1 saturated carbocycles. The van der Waals surface area contributed by atoms with Gasteiger partial charge in [-0.15, -0.1) is 0 Å². The van der Waals surface area contributed by atoms with Crippen LogP contribution in [0.15, 0.2) is 29.0 Å². The summed E-state index contributed by atoms with van der Waals surface area (Å²) < 4.78 is 1.63. The third-order valence-corrected chi connectivity index (χ3v) is 5.18. The van der Waals surface area contributed by atoms with Crippen molar-refractivity contribution in [1.29, 1.82) is 0 Å². The van der Waals surface area contributed by atoms with Gasteiger partial charge in [0.1, 0.15) is 10.5 Å². The van der Waals surface area contributed by atoms with E-state index >= 15 is 0 Å². The number of pyridine rings is 1. The number of rotatable bonds is 3. The lowest BCUT2D eigenvalue weighted by molar-refractivity contribution is 0.679. The summed E-state index contributed by atoms with van der Waals surface area (Å²) in [5, 5.41) is 0. The van der Waals surface area contributed by atoms with Crippen molar-refractivity contribution in [3.63, 3.8) is 0 Å². The van der Waals surface area contributed by atoms with Gasteiger partial charge >= 0.3 is 0 Å². The van der Waals surface area contributed by atoms with Gasteiger partial charge in [-0.3, -0.25) is 4.98 Å². The first-order valence-corrected chi connectivity index (χ1v) is 8.11. The van der Waals surface area contributed by atoms with Crippen LogP contribution in [0.2, 0.25) is 0 Å². The van der Waals surface area contributed by atoms with Crippen LogP contribution in [0, 0.1) is 4.64 Å². The van der Waals surface area contributed by atoms with Crippen LogP contribution in [0.4, 0.5) is 0 Å². The molecule has 2 aromatic rings. The first-order valence-electron chi connectivity index (χ1n) is 6.91. The van der Waals surface area contributed by atoms with Crippen LogP contribution in [0.5, 0.6) is 0 Å². The molecule has 20 heavy (non-hydrogen) atoms. The fourth-order valence-electron chi connectivity index (χ4n) is 2.80. The molecule has 1 aliphatic rings. The van der Waals surface area contributed by atoms with Crippen LogP contribution in [-0.2, 0) is 6.42 Å². The number of nitrogens with one attached hydrogen (secondary N) is 1. The second-order valence-corrected chi connectivity index (χ2v) is 6.41. The number of aromatic amines is 1. The Hall–Kier alpha value is -1.07. The molecule has 104 valence electrons. The predicted octanol–water partition coefficient (Wildman–Crippen LogP) is 4.55. The molecule has 2 heterocycles. The molecule has 0 aliphatic heterocycles. The van der Waals surface area contributed by atoms with Gasteiger partial charge in [-0.1, -0.05) is 25.1 Å². The van der Waals surface area contributed by atoms with Gasteiger partial charge in [0.05, 0.1) is 4.47 Å². The van der Waals surface area contributed by atoms with Crippen molar-refractivity contribution < 1.29 is 0 Å². The van der Waals surface area contributed by atoms with Crippen molar-refractivity contribution in [2.75, 3.05) is 0 Å². The SMILES string of the molecule is S=c1nc(Cc2ccncc2)[nH]c(C2CCCC2)c1Br. The van der Waals surface area contributed by atoms with Crippen molar-refractivity contribution >= 4 is 28.1 Å². The lowest BCUT2D eigenvalue weighted by Crippen LogP contribution is -2.05. The Bertz CT molecular complexity index is 648. The van der Waals surface area contributed by atoms with Gasteiger partial charge in [0.2, 0.25) is 0 Å². The molecular weight excluding hydrogens is 334 g/mol. The van der Waals surface area contributed by atoms with Gasteiger partial charge in [-0.05, 0) is 46.5 Å². The zero-order valence-electron chi connectivity index (χ0n) is 11.1. The minimum atomic E-state index is 0.588. The van der Waals surface area contributed by atoms with Gasteiger partial charge in [0.25, 0.3) is 0 Å². The number of H-pyrrole nitrogens is 1. The van der Waals surface area contributed by atoms with Gasteiger partial charge in [0, 0.05) is 30.4 Å². The number of halogens is 1. The van der Waals surface area contributed by atoms with Crippen LogP contribution < -0.4 is 0 Å². The van der Waals surface area contributed by atoms with Crippen molar-refractivity contribution in [3.8, 4) is 0 Å². The third kappa shape index (κ3) is 2.99. The van der Waals surface area contributed by atoms with E-state index in [2.05, 4.69) is 30.9 Å². The standard InChI is InChI=1S/C15H16BrN3S/c16-13-14(11-3-1-2-4-11)18-12(19-15(13)20)9-10-5-7-17-8-6-10/h5-8,11H,1-4,9H2,(H,18,19,20). The van der Waals surface area contributed by atoms with E-state index in [0.29, 0.717) is 10.6 Å². The van der Waals surface area contributed by atoms with E-state index < -0.39 is 0 Å². The van der Waals surface area contributed by atoms with Gasteiger partial charge in [0.15, 0.2) is 0 Å². The highest BCUT2D eigenvalue weighted by Crippen LogP contribution is 2.36. The first-order chi connectivity index (χ1) is 9.74. The highest BCUT2D eigenvalue weighted by molar-refractivity contribution is 9.10. The quantitative estimate of drug-likeness (QED) is 0.826. The zero-order chi connectivity index (χ0) is 13.9. The molecule has 2 aromatic heterocycles. The second kappa shape index (κ2) is 6.14. The molecule has 1 N–H and O–H groups in total. The normalized spacial score (nSPS) is 15.7. The van der Waals surface area contributed by atoms with E-state index in [1.807, 2.05) is 12.1 Å². The van der Waals surface area contributed by atoms with Crippen LogP contribution in [0.3, 0.4) is 0 Å². The summed E-state index contributed by atoms with van der Waals surface area (Å²) in [5.41, 5.74) is 2.42. The Kier molecular flexibility index (Phi) is 4.27. The largest absolute Gasteiger partial charge is 0.346 e. The maximum atomic E-state index is 5.39. The molecule has 0 atom stereocenters.